The largest absolute Gasteiger partial charge is 0.443 e. The normalized spacial score (nSPS) is 37.9. The number of allylic oxidation sites excluding steroid dienone is 1. The molecular formula is C24H38FN3O6S. The van der Waals surface area contributed by atoms with E-state index in [1.54, 1.807) is 7.11 Å². The molecule has 3 N–H and O–H groups in total. The summed E-state index contributed by atoms with van der Waals surface area (Å²) in [5.74, 6) is -0.192. The number of carbonyl (C=O) groups excluding carboxylic acids is 2. The Morgan fingerprint density at radius 3 is 2.43 bits per heavy atom. The zero-order valence-corrected chi connectivity index (χ0v) is 21.5. The molecule has 0 radical (unpaired) electrons. The molecule has 9 nitrogen and oxygen atoms in total. The second-order valence-corrected chi connectivity index (χ2v) is 10.8. The minimum Gasteiger partial charge on any atom is -0.443 e. The third-order valence-corrected chi connectivity index (χ3v) is 7.91. The molecule has 198 valence electrons. The van der Waals surface area contributed by atoms with E-state index >= 15 is 0 Å². The van der Waals surface area contributed by atoms with Crippen molar-refractivity contribution < 1.29 is 32.4 Å². The van der Waals surface area contributed by atoms with Crippen LogP contribution in [0.25, 0.3) is 0 Å². The lowest BCUT2D eigenvalue weighted by atomic mass is 9.73. The quantitative estimate of drug-likeness (QED) is 0.231. The van der Waals surface area contributed by atoms with Crippen molar-refractivity contribution in [2.24, 2.45) is 5.92 Å². The number of epoxide rings is 2. The van der Waals surface area contributed by atoms with Crippen LogP contribution in [0.15, 0.2) is 11.6 Å². The van der Waals surface area contributed by atoms with E-state index < -0.39 is 6.09 Å². The molecule has 0 bridgehead atoms. The van der Waals surface area contributed by atoms with Crippen LogP contribution in [0.4, 0.5) is 8.68 Å². The minimum atomic E-state index is -0.432. The van der Waals surface area contributed by atoms with Crippen LogP contribution in [-0.4, -0.2) is 74.4 Å². The van der Waals surface area contributed by atoms with Gasteiger partial charge in [-0.05, 0) is 58.8 Å². The average molecular weight is 516 g/mol. The predicted octanol–water partition coefficient (Wildman–Crippen LogP) is 2.95. The smallest absolute Gasteiger partial charge is 0.407 e. The number of hydrogen-bond donors (Lipinski definition) is 3. The summed E-state index contributed by atoms with van der Waals surface area (Å²) in [6.45, 7) is 4.80. The Bertz CT molecular complexity index is 785. The molecule has 4 unspecified atom stereocenters. The van der Waals surface area contributed by atoms with Crippen molar-refractivity contribution in [2.45, 2.75) is 101 Å². The van der Waals surface area contributed by atoms with Gasteiger partial charge in [-0.1, -0.05) is 11.6 Å². The summed E-state index contributed by atoms with van der Waals surface area (Å²) in [6, 6.07) is 0.0291. The van der Waals surface area contributed by atoms with Crippen molar-refractivity contribution in [3.63, 3.8) is 0 Å². The first kappa shape index (κ1) is 26.7. The van der Waals surface area contributed by atoms with Crippen LogP contribution < -0.4 is 15.4 Å². The molecule has 0 aromatic rings. The first-order valence-electron chi connectivity index (χ1n) is 12.6. The minimum absolute atomic E-state index is 0.00567. The molecule has 4 rings (SSSR count). The number of carbonyl (C=O) groups is 2. The van der Waals surface area contributed by atoms with Gasteiger partial charge < -0.3 is 29.6 Å². The van der Waals surface area contributed by atoms with Gasteiger partial charge in [0.1, 0.15) is 24.5 Å². The van der Waals surface area contributed by atoms with Crippen LogP contribution in [-0.2, 0) is 23.7 Å². The third kappa shape index (κ3) is 6.88. The molecule has 2 amide bonds. The molecule has 0 aromatic heterocycles. The van der Waals surface area contributed by atoms with Crippen molar-refractivity contribution in [2.75, 3.05) is 20.3 Å². The molecule has 11 heteroatoms. The van der Waals surface area contributed by atoms with E-state index in [1.165, 1.54) is 5.57 Å². The Hall–Kier alpha value is -1.40. The zero-order valence-electron chi connectivity index (χ0n) is 20.7. The number of alkyl carbamates (subject to hydrolysis) is 1. The molecule has 6 atom stereocenters. The fourth-order valence-electron chi connectivity index (χ4n) is 5.69. The van der Waals surface area contributed by atoms with Crippen LogP contribution in [0.1, 0.15) is 58.8 Å². The lowest BCUT2D eigenvalue weighted by Crippen LogP contribution is -2.53. The lowest BCUT2D eigenvalue weighted by Gasteiger charge is -2.40. The monoisotopic (exact) mass is 515 g/mol. The van der Waals surface area contributed by atoms with Crippen molar-refractivity contribution in [3.05, 3.63) is 11.6 Å². The van der Waals surface area contributed by atoms with Gasteiger partial charge in [0, 0.05) is 25.1 Å². The van der Waals surface area contributed by atoms with Gasteiger partial charge in [-0.25, -0.2) is 9.52 Å². The molecule has 2 aliphatic heterocycles. The van der Waals surface area contributed by atoms with Gasteiger partial charge in [0.05, 0.1) is 31.0 Å². The van der Waals surface area contributed by atoms with E-state index in [1.807, 2.05) is 0 Å². The summed E-state index contributed by atoms with van der Waals surface area (Å²) in [5, 5.41) is 5.88. The number of hydrogen-bond acceptors (Lipinski definition) is 8. The van der Waals surface area contributed by atoms with Gasteiger partial charge in [-0.2, -0.15) is 0 Å². The maximum atomic E-state index is 12.8. The first-order chi connectivity index (χ1) is 16.8. The maximum absolute atomic E-state index is 12.8. The van der Waals surface area contributed by atoms with Crippen LogP contribution in [0.3, 0.4) is 0 Å². The molecule has 1 spiro atoms. The van der Waals surface area contributed by atoms with Crippen molar-refractivity contribution in [1.82, 2.24) is 15.4 Å². The number of ether oxygens (including phenoxy) is 4. The van der Waals surface area contributed by atoms with E-state index in [-0.39, 0.29) is 72.8 Å². The fraction of sp³-hybridized carbons (Fsp3) is 0.833. The number of halogens is 1. The molecule has 4 aliphatic rings. The summed E-state index contributed by atoms with van der Waals surface area (Å²) >= 11 is -0.0709. The van der Waals surface area contributed by atoms with E-state index in [2.05, 4.69) is 35.3 Å². The number of rotatable bonds is 10. The van der Waals surface area contributed by atoms with Gasteiger partial charge in [-0.3, -0.25) is 4.79 Å². The lowest BCUT2D eigenvalue weighted by molar-refractivity contribution is -0.120. The SMILES string of the molecule is COC1C(OC(=O)NC2CCC(NC(=O)CNSF)CC2)CCC2(CO2)C1[C@H]1O[C@@H]1CC=C(C)C. The van der Waals surface area contributed by atoms with Gasteiger partial charge in [0.25, 0.3) is 0 Å². The zero-order chi connectivity index (χ0) is 25.0. The van der Waals surface area contributed by atoms with E-state index in [0.29, 0.717) is 13.0 Å². The number of methoxy groups -OCH3 is 1. The van der Waals surface area contributed by atoms with Crippen LogP contribution in [0.2, 0.25) is 0 Å². The van der Waals surface area contributed by atoms with Crippen molar-refractivity contribution in [1.29, 1.82) is 0 Å². The molecule has 0 aromatic carbocycles. The Morgan fingerprint density at radius 1 is 1.14 bits per heavy atom. The van der Waals surface area contributed by atoms with Gasteiger partial charge in [-0.15, -0.1) is 3.89 Å². The Kier molecular flexibility index (Phi) is 8.96. The van der Waals surface area contributed by atoms with E-state index in [0.717, 1.165) is 38.5 Å². The van der Waals surface area contributed by atoms with Crippen LogP contribution in [0.5, 0.6) is 0 Å². The highest BCUT2D eigenvalue weighted by Crippen LogP contribution is 2.54. The summed E-state index contributed by atoms with van der Waals surface area (Å²) in [5.41, 5.74) is 1.05. The summed E-state index contributed by atoms with van der Waals surface area (Å²) < 4.78 is 38.1. The van der Waals surface area contributed by atoms with E-state index in [4.69, 9.17) is 18.9 Å². The van der Waals surface area contributed by atoms with Gasteiger partial charge in [0.2, 0.25) is 5.91 Å². The highest BCUT2D eigenvalue weighted by Gasteiger charge is 2.66. The maximum Gasteiger partial charge on any atom is 0.407 e. The Balaban J connectivity index is 1.25. The third-order valence-electron chi connectivity index (χ3n) is 7.66. The molecule has 2 aliphatic carbocycles. The Labute approximate surface area is 211 Å². The summed E-state index contributed by atoms with van der Waals surface area (Å²) in [4.78, 5) is 24.5. The van der Waals surface area contributed by atoms with Crippen molar-refractivity contribution in [3.8, 4) is 0 Å². The summed E-state index contributed by atoms with van der Waals surface area (Å²) in [7, 11) is 1.66. The Morgan fingerprint density at radius 2 is 1.83 bits per heavy atom. The standard InChI is InChI=1S/C24H38FN3O6S/c1-14(2)4-9-17-22(33-17)20-21(31-3)18(10-11-24(20)13-32-24)34-23(30)28-16-7-5-15(6-8-16)27-19(29)12-26-35-25/h4,15-18,20-22,26H,5-13H2,1-3H3,(H,27,29)(H,28,30)/t15?,16?,17-,18?,20?,21?,22+,24?/m1/s1. The molecule has 4 fully saturated rings. The highest BCUT2D eigenvalue weighted by atomic mass is 32.2. The first-order valence-corrected chi connectivity index (χ1v) is 13.3. The molecule has 2 saturated carbocycles. The topological polar surface area (TPSA) is 114 Å². The fourth-order valence-corrected chi connectivity index (χ4v) is 5.88. The predicted molar refractivity (Wildman–Crippen MR) is 129 cm³/mol. The number of nitrogens with one attached hydrogen (secondary N) is 3. The average Bonchev–Trinajstić information content (AvgIpc) is 3.76. The van der Waals surface area contributed by atoms with Crippen LogP contribution >= 0.6 is 12.3 Å². The molecule has 2 heterocycles. The van der Waals surface area contributed by atoms with Gasteiger partial charge >= 0.3 is 6.09 Å². The highest BCUT2D eigenvalue weighted by molar-refractivity contribution is 7.92. The summed E-state index contributed by atoms with van der Waals surface area (Å²) in [6.07, 6.45) is 6.70. The van der Waals surface area contributed by atoms with Crippen molar-refractivity contribution >= 4 is 24.3 Å². The number of amides is 2. The molecular weight excluding hydrogens is 477 g/mol. The van der Waals surface area contributed by atoms with Crippen LogP contribution in [0, 0.1) is 5.92 Å². The second-order valence-electron chi connectivity index (χ2n) is 10.4. The molecule has 35 heavy (non-hydrogen) atoms. The van der Waals surface area contributed by atoms with E-state index in [9.17, 15) is 13.5 Å². The second kappa shape index (κ2) is 11.8. The molecule has 2 saturated heterocycles. The van der Waals surface area contributed by atoms with Gasteiger partial charge in [0.15, 0.2) is 0 Å².